The van der Waals surface area contributed by atoms with Crippen molar-refractivity contribution in [2.45, 2.75) is 0 Å². The van der Waals surface area contributed by atoms with Gasteiger partial charge in [0.05, 0.1) is 4.53 Å². The highest BCUT2D eigenvalue weighted by Gasteiger charge is 2.05. The Morgan fingerprint density at radius 3 is 2.57 bits per heavy atom. The molecule has 7 heteroatoms. The Hall–Kier alpha value is -2.54. The third kappa shape index (κ3) is 2.55. The standard InChI is InChI=1S/C14H12N4O2S/c1-17(2)10-5-3-9(4-6-10)7-11-13(20)18-14(21-11)16-12(19)8-15-18/h3-8H,1-2H3/b11-7+. The van der Waals surface area contributed by atoms with E-state index < -0.39 is 5.56 Å². The van der Waals surface area contributed by atoms with Gasteiger partial charge in [0.2, 0.25) is 4.96 Å². The van der Waals surface area contributed by atoms with Crippen LogP contribution in [0.2, 0.25) is 0 Å². The number of nitrogens with zero attached hydrogens (tertiary/aromatic N) is 4. The van der Waals surface area contributed by atoms with Crippen LogP contribution in [0.5, 0.6) is 0 Å². The molecule has 3 aromatic rings. The summed E-state index contributed by atoms with van der Waals surface area (Å²) in [4.78, 5) is 29.4. The molecule has 21 heavy (non-hydrogen) atoms. The molecule has 0 fully saturated rings. The van der Waals surface area contributed by atoms with E-state index in [1.807, 2.05) is 43.3 Å². The maximum atomic E-state index is 12.1. The monoisotopic (exact) mass is 300 g/mol. The smallest absolute Gasteiger partial charge is 0.292 e. The predicted octanol–water partition coefficient (Wildman–Crippen LogP) is 0.125. The molecular weight excluding hydrogens is 288 g/mol. The Kier molecular flexibility index (Phi) is 3.26. The van der Waals surface area contributed by atoms with E-state index in [0.717, 1.165) is 33.3 Å². The van der Waals surface area contributed by atoms with Crippen LogP contribution in [-0.4, -0.2) is 28.7 Å². The second kappa shape index (κ2) is 5.10. The molecule has 0 radical (unpaired) electrons. The van der Waals surface area contributed by atoms with Crippen LogP contribution < -0.4 is 20.6 Å². The zero-order chi connectivity index (χ0) is 15.0. The number of hydrogen-bond donors (Lipinski definition) is 0. The first-order chi connectivity index (χ1) is 10.0. The number of thiazole rings is 1. The lowest BCUT2D eigenvalue weighted by atomic mass is 10.2. The van der Waals surface area contributed by atoms with Crippen LogP contribution >= 0.6 is 11.3 Å². The number of fused-ring (bicyclic) bond motifs is 1. The first-order valence-electron chi connectivity index (χ1n) is 6.22. The highest BCUT2D eigenvalue weighted by Crippen LogP contribution is 2.12. The minimum atomic E-state index is -0.446. The van der Waals surface area contributed by atoms with Gasteiger partial charge < -0.3 is 4.90 Å². The lowest BCUT2D eigenvalue weighted by Gasteiger charge is -2.11. The molecule has 6 nitrogen and oxygen atoms in total. The quantitative estimate of drug-likeness (QED) is 0.673. The van der Waals surface area contributed by atoms with Gasteiger partial charge in [0.15, 0.2) is 0 Å². The van der Waals surface area contributed by atoms with Crippen LogP contribution in [0.25, 0.3) is 11.0 Å². The Bertz CT molecular complexity index is 957. The van der Waals surface area contributed by atoms with Gasteiger partial charge in [-0.05, 0) is 23.8 Å². The van der Waals surface area contributed by atoms with Crippen LogP contribution in [0.1, 0.15) is 5.56 Å². The molecule has 0 saturated carbocycles. The van der Waals surface area contributed by atoms with E-state index in [9.17, 15) is 9.59 Å². The first kappa shape index (κ1) is 13.4. The number of rotatable bonds is 2. The topological polar surface area (TPSA) is 67.6 Å². The Labute approximate surface area is 123 Å². The molecule has 0 N–H and O–H groups in total. The Balaban J connectivity index is 2.13. The summed E-state index contributed by atoms with van der Waals surface area (Å²) in [7, 11) is 3.93. The molecule has 106 valence electrons. The van der Waals surface area contributed by atoms with Gasteiger partial charge in [-0.25, -0.2) is 0 Å². The highest BCUT2D eigenvalue weighted by molar-refractivity contribution is 7.15. The SMILES string of the molecule is CN(C)c1ccc(/C=c2/sc3nc(=O)cnn3c2=O)cc1. The van der Waals surface area contributed by atoms with Crippen molar-refractivity contribution in [2.24, 2.45) is 0 Å². The van der Waals surface area contributed by atoms with Crippen LogP contribution in [0.3, 0.4) is 0 Å². The van der Waals surface area contributed by atoms with E-state index in [1.54, 1.807) is 6.08 Å². The predicted molar refractivity (Wildman–Crippen MR) is 83.0 cm³/mol. The van der Waals surface area contributed by atoms with Crippen molar-refractivity contribution in [1.82, 2.24) is 14.6 Å². The molecular formula is C14H12N4O2S. The van der Waals surface area contributed by atoms with Crippen molar-refractivity contribution in [1.29, 1.82) is 0 Å². The van der Waals surface area contributed by atoms with Crippen LogP contribution in [0.15, 0.2) is 40.1 Å². The summed E-state index contributed by atoms with van der Waals surface area (Å²) in [6.45, 7) is 0. The largest absolute Gasteiger partial charge is 0.378 e. The van der Waals surface area contributed by atoms with Gasteiger partial charge in [0, 0.05) is 19.8 Å². The maximum absolute atomic E-state index is 12.1. The second-order valence-corrected chi connectivity index (χ2v) is 5.70. The third-order valence-corrected chi connectivity index (χ3v) is 3.94. The Morgan fingerprint density at radius 2 is 1.90 bits per heavy atom. The van der Waals surface area contributed by atoms with Gasteiger partial charge in [0.1, 0.15) is 6.20 Å². The summed E-state index contributed by atoms with van der Waals surface area (Å²) in [5.41, 5.74) is 1.28. The first-order valence-corrected chi connectivity index (χ1v) is 7.04. The van der Waals surface area contributed by atoms with Crippen molar-refractivity contribution in [3.8, 4) is 0 Å². The average Bonchev–Trinajstić information content (AvgIpc) is 2.75. The molecule has 0 spiro atoms. The summed E-state index contributed by atoms with van der Waals surface area (Å²) in [6, 6.07) is 7.82. The van der Waals surface area contributed by atoms with E-state index in [1.165, 1.54) is 0 Å². The van der Waals surface area contributed by atoms with Crippen LogP contribution in [0.4, 0.5) is 5.69 Å². The van der Waals surface area contributed by atoms with E-state index in [2.05, 4.69) is 10.1 Å². The number of aromatic nitrogens is 3. The molecule has 2 heterocycles. The average molecular weight is 300 g/mol. The Morgan fingerprint density at radius 1 is 1.19 bits per heavy atom. The van der Waals surface area contributed by atoms with E-state index in [4.69, 9.17) is 0 Å². The molecule has 2 aromatic heterocycles. The molecule has 0 atom stereocenters. The second-order valence-electron chi connectivity index (χ2n) is 4.69. The van der Waals surface area contributed by atoms with Crippen molar-refractivity contribution in [3.05, 3.63) is 61.3 Å². The molecule has 0 bridgehead atoms. The third-order valence-electron chi connectivity index (χ3n) is 2.98. The molecule has 0 aliphatic carbocycles. The summed E-state index contributed by atoms with van der Waals surface area (Å²) in [6.07, 6.45) is 2.81. The lowest BCUT2D eigenvalue weighted by molar-refractivity contribution is 0.866. The highest BCUT2D eigenvalue weighted by atomic mass is 32.1. The molecule has 0 aliphatic heterocycles. The van der Waals surface area contributed by atoms with Crippen molar-refractivity contribution in [3.63, 3.8) is 0 Å². The van der Waals surface area contributed by atoms with Gasteiger partial charge in [0.25, 0.3) is 11.1 Å². The van der Waals surface area contributed by atoms with Gasteiger partial charge >= 0.3 is 0 Å². The molecule has 0 saturated heterocycles. The van der Waals surface area contributed by atoms with E-state index >= 15 is 0 Å². The fourth-order valence-corrected chi connectivity index (χ4v) is 2.81. The van der Waals surface area contributed by atoms with E-state index in [-0.39, 0.29) is 5.56 Å². The normalized spacial score (nSPS) is 12.0. The minimum absolute atomic E-state index is 0.265. The summed E-state index contributed by atoms with van der Waals surface area (Å²) < 4.78 is 1.64. The van der Waals surface area contributed by atoms with Gasteiger partial charge in [-0.15, -0.1) is 0 Å². The van der Waals surface area contributed by atoms with E-state index in [0.29, 0.717) is 9.49 Å². The van der Waals surface area contributed by atoms with Crippen molar-refractivity contribution < 1.29 is 0 Å². The molecule has 3 rings (SSSR count). The number of hydrogen-bond acceptors (Lipinski definition) is 6. The zero-order valence-electron chi connectivity index (χ0n) is 11.5. The molecule has 1 aromatic carbocycles. The van der Waals surface area contributed by atoms with Crippen LogP contribution in [0, 0.1) is 0 Å². The number of benzene rings is 1. The summed E-state index contributed by atoms with van der Waals surface area (Å²) in [5.74, 6) is 0. The fraction of sp³-hybridized carbons (Fsp3) is 0.143. The minimum Gasteiger partial charge on any atom is -0.378 e. The lowest BCUT2D eigenvalue weighted by Crippen LogP contribution is -2.25. The van der Waals surface area contributed by atoms with Gasteiger partial charge in [-0.1, -0.05) is 23.5 Å². The molecule has 0 amide bonds. The van der Waals surface area contributed by atoms with Gasteiger partial charge in [-0.3, -0.25) is 9.59 Å². The van der Waals surface area contributed by atoms with Gasteiger partial charge in [-0.2, -0.15) is 14.6 Å². The zero-order valence-corrected chi connectivity index (χ0v) is 12.3. The molecule has 0 aliphatic rings. The maximum Gasteiger partial charge on any atom is 0.292 e. The van der Waals surface area contributed by atoms with Crippen molar-refractivity contribution >= 4 is 28.1 Å². The van der Waals surface area contributed by atoms with Crippen molar-refractivity contribution in [2.75, 3.05) is 19.0 Å². The fourth-order valence-electron chi connectivity index (χ4n) is 1.89. The van der Waals surface area contributed by atoms with Crippen LogP contribution in [-0.2, 0) is 0 Å². The summed E-state index contributed by atoms with van der Waals surface area (Å²) in [5, 5.41) is 3.79. The number of anilines is 1. The summed E-state index contributed by atoms with van der Waals surface area (Å²) >= 11 is 1.15. The molecule has 0 unspecified atom stereocenters.